The molecule has 0 radical (unpaired) electrons. The van der Waals surface area contributed by atoms with E-state index in [0.29, 0.717) is 23.2 Å². The summed E-state index contributed by atoms with van der Waals surface area (Å²) >= 11 is 0. The van der Waals surface area contributed by atoms with Crippen LogP contribution in [0.15, 0.2) is 42.5 Å². The Morgan fingerprint density at radius 3 is 2.54 bits per heavy atom. The average Bonchev–Trinajstić information content (AvgIpc) is 2.85. The SMILES string of the molecule is CC(C)[C@@H](c1ccccc1F)N1Cc2cc(C(N)=O)ccc2C1=O. The molecule has 0 aliphatic carbocycles. The molecule has 1 aliphatic rings. The number of halogens is 1. The number of carbonyl (C=O) groups excluding carboxylic acids is 2. The van der Waals surface area contributed by atoms with Crippen molar-refractivity contribution in [1.82, 2.24) is 4.90 Å². The first-order valence-corrected chi connectivity index (χ1v) is 7.88. The first-order valence-electron chi connectivity index (χ1n) is 7.88. The van der Waals surface area contributed by atoms with Crippen molar-refractivity contribution in [2.45, 2.75) is 26.4 Å². The molecule has 2 amide bonds. The van der Waals surface area contributed by atoms with E-state index in [1.54, 1.807) is 41.3 Å². The molecule has 4 nitrogen and oxygen atoms in total. The molecule has 1 atom stereocenters. The summed E-state index contributed by atoms with van der Waals surface area (Å²) in [6, 6.07) is 11.0. The van der Waals surface area contributed by atoms with Gasteiger partial charge in [-0.3, -0.25) is 9.59 Å². The normalized spacial score (nSPS) is 14.8. The van der Waals surface area contributed by atoms with Crippen LogP contribution in [0.2, 0.25) is 0 Å². The van der Waals surface area contributed by atoms with Gasteiger partial charge in [-0.1, -0.05) is 32.0 Å². The van der Waals surface area contributed by atoms with Crippen LogP contribution >= 0.6 is 0 Å². The van der Waals surface area contributed by atoms with E-state index in [1.165, 1.54) is 6.07 Å². The van der Waals surface area contributed by atoms with Crippen molar-refractivity contribution >= 4 is 11.8 Å². The van der Waals surface area contributed by atoms with Gasteiger partial charge in [0.05, 0.1) is 6.04 Å². The highest BCUT2D eigenvalue weighted by atomic mass is 19.1. The van der Waals surface area contributed by atoms with E-state index in [9.17, 15) is 14.0 Å². The summed E-state index contributed by atoms with van der Waals surface area (Å²) in [6.45, 7) is 4.26. The van der Waals surface area contributed by atoms with Crippen LogP contribution in [0.25, 0.3) is 0 Å². The lowest BCUT2D eigenvalue weighted by Gasteiger charge is -2.31. The fourth-order valence-corrected chi connectivity index (χ4v) is 3.32. The van der Waals surface area contributed by atoms with Gasteiger partial charge in [0.2, 0.25) is 5.91 Å². The Hall–Kier alpha value is -2.69. The highest BCUT2D eigenvalue weighted by Crippen LogP contribution is 2.37. The summed E-state index contributed by atoms with van der Waals surface area (Å²) in [5.74, 6) is -0.963. The Morgan fingerprint density at radius 1 is 1.21 bits per heavy atom. The van der Waals surface area contributed by atoms with E-state index in [4.69, 9.17) is 5.73 Å². The van der Waals surface area contributed by atoms with Gasteiger partial charge in [-0.2, -0.15) is 0 Å². The van der Waals surface area contributed by atoms with Gasteiger partial charge in [0.15, 0.2) is 0 Å². The minimum atomic E-state index is -0.529. The van der Waals surface area contributed by atoms with Crippen LogP contribution in [0, 0.1) is 11.7 Å². The third kappa shape index (κ3) is 2.66. The molecule has 2 N–H and O–H groups in total. The van der Waals surface area contributed by atoms with Crippen LogP contribution in [0.3, 0.4) is 0 Å². The van der Waals surface area contributed by atoms with Gasteiger partial charge in [-0.25, -0.2) is 4.39 Å². The average molecular weight is 326 g/mol. The lowest BCUT2D eigenvalue weighted by molar-refractivity contribution is 0.0644. The lowest BCUT2D eigenvalue weighted by atomic mass is 9.94. The molecule has 1 aliphatic heterocycles. The fourth-order valence-electron chi connectivity index (χ4n) is 3.32. The molecular formula is C19H19FN2O2. The number of carbonyl (C=O) groups is 2. The molecule has 0 bridgehead atoms. The van der Waals surface area contributed by atoms with Crippen LogP contribution < -0.4 is 5.73 Å². The van der Waals surface area contributed by atoms with Crippen molar-refractivity contribution < 1.29 is 14.0 Å². The summed E-state index contributed by atoms with van der Waals surface area (Å²) in [5.41, 5.74) is 7.48. The highest BCUT2D eigenvalue weighted by molar-refractivity contribution is 6.01. The Balaban J connectivity index is 2.01. The van der Waals surface area contributed by atoms with Crippen LogP contribution in [-0.2, 0) is 6.54 Å². The fraction of sp³-hybridized carbons (Fsp3) is 0.263. The minimum absolute atomic E-state index is 0.0378. The molecule has 1 heterocycles. The predicted molar refractivity (Wildman–Crippen MR) is 88.8 cm³/mol. The zero-order valence-corrected chi connectivity index (χ0v) is 13.6. The monoisotopic (exact) mass is 326 g/mol. The molecule has 24 heavy (non-hydrogen) atoms. The second-order valence-corrected chi connectivity index (χ2v) is 6.38. The molecule has 5 heteroatoms. The Labute approximate surface area is 140 Å². The molecule has 2 aromatic carbocycles. The van der Waals surface area contributed by atoms with E-state index < -0.39 is 5.91 Å². The van der Waals surface area contributed by atoms with E-state index in [1.807, 2.05) is 13.8 Å². The molecule has 0 unspecified atom stereocenters. The zero-order valence-electron chi connectivity index (χ0n) is 13.6. The molecule has 2 aromatic rings. The van der Waals surface area contributed by atoms with Crippen LogP contribution in [0.1, 0.15) is 51.7 Å². The van der Waals surface area contributed by atoms with Gasteiger partial charge in [-0.05, 0) is 35.7 Å². The number of amides is 2. The standard InChI is InChI=1S/C19H19FN2O2/c1-11(2)17(15-5-3-4-6-16(15)20)22-10-13-9-12(18(21)23)7-8-14(13)19(22)24/h3-9,11,17H,10H2,1-2H3,(H2,21,23)/t17-/m0/s1. The molecule has 3 rings (SSSR count). The predicted octanol–water partition coefficient (Wildman–Crippen LogP) is 3.28. The third-order valence-corrected chi connectivity index (χ3v) is 4.41. The van der Waals surface area contributed by atoms with Crippen molar-refractivity contribution in [2.24, 2.45) is 11.7 Å². The second kappa shape index (κ2) is 6.07. The number of nitrogens with two attached hydrogens (primary N) is 1. The number of fused-ring (bicyclic) bond motifs is 1. The van der Waals surface area contributed by atoms with E-state index >= 15 is 0 Å². The Kier molecular flexibility index (Phi) is 4.09. The minimum Gasteiger partial charge on any atom is -0.366 e. The maximum absolute atomic E-state index is 14.3. The number of rotatable bonds is 4. The molecule has 0 saturated heterocycles. The van der Waals surface area contributed by atoms with Gasteiger partial charge in [0, 0.05) is 23.2 Å². The topological polar surface area (TPSA) is 63.4 Å². The number of hydrogen-bond acceptors (Lipinski definition) is 2. The summed E-state index contributed by atoms with van der Waals surface area (Å²) in [7, 11) is 0. The summed E-state index contributed by atoms with van der Waals surface area (Å²) in [6.07, 6.45) is 0. The third-order valence-electron chi connectivity index (χ3n) is 4.41. The van der Waals surface area contributed by atoms with Gasteiger partial charge in [0.1, 0.15) is 5.82 Å². The van der Waals surface area contributed by atoms with Gasteiger partial charge in [0.25, 0.3) is 5.91 Å². The molecular weight excluding hydrogens is 307 g/mol. The first-order chi connectivity index (χ1) is 11.4. The Bertz CT molecular complexity index is 817. The van der Waals surface area contributed by atoms with Crippen molar-refractivity contribution in [3.63, 3.8) is 0 Å². The Morgan fingerprint density at radius 2 is 1.92 bits per heavy atom. The molecule has 0 spiro atoms. The van der Waals surface area contributed by atoms with Crippen LogP contribution in [-0.4, -0.2) is 16.7 Å². The van der Waals surface area contributed by atoms with Crippen molar-refractivity contribution in [1.29, 1.82) is 0 Å². The van der Waals surface area contributed by atoms with Crippen LogP contribution in [0.5, 0.6) is 0 Å². The molecule has 0 aromatic heterocycles. The highest BCUT2D eigenvalue weighted by Gasteiger charge is 2.36. The largest absolute Gasteiger partial charge is 0.366 e. The quantitative estimate of drug-likeness (QED) is 0.937. The summed E-state index contributed by atoms with van der Waals surface area (Å²) in [5, 5.41) is 0. The van der Waals surface area contributed by atoms with E-state index in [2.05, 4.69) is 0 Å². The number of benzene rings is 2. The summed E-state index contributed by atoms with van der Waals surface area (Å²) in [4.78, 5) is 25.8. The number of primary amides is 1. The molecule has 0 fully saturated rings. The lowest BCUT2D eigenvalue weighted by Crippen LogP contribution is -2.33. The number of nitrogens with zero attached hydrogens (tertiary/aromatic N) is 1. The zero-order chi connectivity index (χ0) is 17.4. The van der Waals surface area contributed by atoms with E-state index in [-0.39, 0.29) is 23.7 Å². The van der Waals surface area contributed by atoms with Gasteiger partial charge < -0.3 is 10.6 Å². The second-order valence-electron chi connectivity index (χ2n) is 6.38. The maximum atomic E-state index is 14.3. The molecule has 0 saturated carbocycles. The first kappa shape index (κ1) is 16.2. The van der Waals surface area contributed by atoms with Crippen molar-refractivity contribution in [3.8, 4) is 0 Å². The van der Waals surface area contributed by atoms with Crippen molar-refractivity contribution in [2.75, 3.05) is 0 Å². The van der Waals surface area contributed by atoms with Gasteiger partial charge in [-0.15, -0.1) is 0 Å². The summed E-state index contributed by atoms with van der Waals surface area (Å²) < 4.78 is 14.3. The molecule has 124 valence electrons. The number of hydrogen-bond donors (Lipinski definition) is 1. The smallest absolute Gasteiger partial charge is 0.255 e. The van der Waals surface area contributed by atoms with E-state index in [0.717, 1.165) is 5.56 Å². The maximum Gasteiger partial charge on any atom is 0.255 e. The van der Waals surface area contributed by atoms with Crippen LogP contribution in [0.4, 0.5) is 4.39 Å². The van der Waals surface area contributed by atoms with Gasteiger partial charge >= 0.3 is 0 Å². The van der Waals surface area contributed by atoms with Crippen molar-refractivity contribution in [3.05, 3.63) is 70.5 Å².